The molecule has 5 heteroatoms. The van der Waals surface area contributed by atoms with Crippen LogP contribution in [0.15, 0.2) is 18.2 Å². The Morgan fingerprint density at radius 1 is 1.13 bits per heavy atom. The zero-order valence-electron chi connectivity index (χ0n) is 14.0. The Hall–Kier alpha value is -1.75. The number of likely N-dealkylation sites (tertiary alicyclic amines) is 1. The van der Waals surface area contributed by atoms with E-state index in [1.807, 2.05) is 0 Å². The topological polar surface area (TPSA) is 50.8 Å². The predicted molar refractivity (Wildman–Crippen MR) is 88.9 cm³/mol. The molecule has 1 aromatic rings. The van der Waals surface area contributed by atoms with Gasteiger partial charge in [0.25, 0.3) is 0 Å². The van der Waals surface area contributed by atoms with Gasteiger partial charge in [0.2, 0.25) is 0 Å². The summed E-state index contributed by atoms with van der Waals surface area (Å²) in [7, 11) is 3.16. The van der Waals surface area contributed by atoms with Crippen molar-refractivity contribution in [2.75, 3.05) is 27.3 Å². The highest BCUT2D eigenvalue weighted by molar-refractivity contribution is 5.67. The van der Waals surface area contributed by atoms with Crippen molar-refractivity contribution in [3.05, 3.63) is 29.3 Å². The number of aryl methyl sites for hydroxylation is 1. The highest BCUT2D eigenvalue weighted by Crippen LogP contribution is 2.26. The summed E-state index contributed by atoms with van der Waals surface area (Å²) in [5, 5.41) is 3.79. The van der Waals surface area contributed by atoms with Crippen LogP contribution in [0.5, 0.6) is 5.75 Å². The molecule has 1 fully saturated rings. The molecule has 0 saturated carbocycles. The molecule has 1 aliphatic heterocycles. The van der Waals surface area contributed by atoms with Gasteiger partial charge in [0.1, 0.15) is 5.75 Å². The Labute approximate surface area is 137 Å². The largest absolute Gasteiger partial charge is 0.497 e. The first kappa shape index (κ1) is 16.1. The van der Waals surface area contributed by atoms with Crippen LogP contribution >= 0.6 is 0 Å². The molecule has 0 bridgehead atoms. The fraction of sp³-hybridized carbons (Fsp3) is 0.611. The minimum Gasteiger partial charge on any atom is -0.497 e. The number of benzene rings is 1. The second-order valence-electron chi connectivity index (χ2n) is 6.47. The SMILES string of the molecule is COC(=O)N1CCC(N[C@H]2CCc3ccc(OC)cc3C2)CC1. The van der Waals surface area contributed by atoms with Crippen molar-refractivity contribution in [1.29, 1.82) is 0 Å². The monoisotopic (exact) mass is 318 g/mol. The molecule has 0 radical (unpaired) electrons. The van der Waals surface area contributed by atoms with Crippen molar-refractivity contribution in [2.24, 2.45) is 0 Å². The van der Waals surface area contributed by atoms with Crippen LogP contribution in [-0.4, -0.2) is 50.4 Å². The van der Waals surface area contributed by atoms with Crippen LogP contribution in [0.2, 0.25) is 0 Å². The molecular formula is C18H26N2O3. The van der Waals surface area contributed by atoms with E-state index in [9.17, 15) is 4.79 Å². The summed E-state index contributed by atoms with van der Waals surface area (Å²) < 4.78 is 10.1. The van der Waals surface area contributed by atoms with Gasteiger partial charge in [-0.15, -0.1) is 0 Å². The Balaban J connectivity index is 1.53. The van der Waals surface area contributed by atoms with Crippen molar-refractivity contribution in [3.63, 3.8) is 0 Å². The number of nitrogens with zero attached hydrogens (tertiary/aromatic N) is 1. The zero-order chi connectivity index (χ0) is 16.2. The van der Waals surface area contributed by atoms with Gasteiger partial charge in [0.15, 0.2) is 0 Å². The maximum absolute atomic E-state index is 11.5. The van der Waals surface area contributed by atoms with Crippen LogP contribution in [0, 0.1) is 0 Å². The molecule has 0 unspecified atom stereocenters. The molecule has 23 heavy (non-hydrogen) atoms. The number of rotatable bonds is 3. The molecule has 3 rings (SSSR count). The Bertz CT molecular complexity index is 553. The van der Waals surface area contributed by atoms with Crippen molar-refractivity contribution in [1.82, 2.24) is 10.2 Å². The summed E-state index contributed by atoms with van der Waals surface area (Å²) >= 11 is 0. The molecule has 0 spiro atoms. The van der Waals surface area contributed by atoms with E-state index in [4.69, 9.17) is 9.47 Å². The number of hydrogen-bond donors (Lipinski definition) is 1. The predicted octanol–water partition coefficient (Wildman–Crippen LogP) is 2.37. The highest BCUT2D eigenvalue weighted by Gasteiger charge is 2.26. The highest BCUT2D eigenvalue weighted by atomic mass is 16.5. The van der Waals surface area contributed by atoms with Crippen molar-refractivity contribution in [3.8, 4) is 5.75 Å². The summed E-state index contributed by atoms with van der Waals surface area (Å²) in [5.74, 6) is 0.941. The number of amides is 1. The first-order valence-corrected chi connectivity index (χ1v) is 8.44. The van der Waals surface area contributed by atoms with Gasteiger partial charge in [-0.1, -0.05) is 6.07 Å². The molecule has 1 aliphatic carbocycles. The number of piperidine rings is 1. The number of fused-ring (bicyclic) bond motifs is 1. The van der Waals surface area contributed by atoms with E-state index in [1.165, 1.54) is 24.7 Å². The van der Waals surface area contributed by atoms with Gasteiger partial charge in [-0.05, 0) is 55.4 Å². The van der Waals surface area contributed by atoms with Crippen LogP contribution < -0.4 is 10.1 Å². The van der Waals surface area contributed by atoms with E-state index >= 15 is 0 Å². The van der Waals surface area contributed by atoms with Gasteiger partial charge < -0.3 is 19.7 Å². The molecule has 0 aromatic heterocycles. The van der Waals surface area contributed by atoms with Gasteiger partial charge in [-0.2, -0.15) is 0 Å². The second kappa shape index (κ2) is 7.21. The van der Waals surface area contributed by atoms with Gasteiger partial charge in [-0.3, -0.25) is 0 Å². The fourth-order valence-corrected chi connectivity index (χ4v) is 3.69. The quantitative estimate of drug-likeness (QED) is 0.929. The summed E-state index contributed by atoms with van der Waals surface area (Å²) in [6, 6.07) is 7.43. The fourth-order valence-electron chi connectivity index (χ4n) is 3.69. The zero-order valence-corrected chi connectivity index (χ0v) is 14.0. The number of nitrogens with one attached hydrogen (secondary N) is 1. The standard InChI is InChI=1S/C18H26N2O3/c1-22-17-6-4-13-3-5-16(11-14(13)12-17)19-15-7-9-20(10-8-15)18(21)23-2/h4,6,12,15-16,19H,3,5,7-11H2,1-2H3/t16-/m0/s1. The van der Waals surface area contributed by atoms with E-state index < -0.39 is 0 Å². The normalized spacial score (nSPS) is 21.7. The molecule has 1 saturated heterocycles. The number of carbonyl (C=O) groups excluding carboxylic acids is 1. The second-order valence-corrected chi connectivity index (χ2v) is 6.47. The molecule has 1 N–H and O–H groups in total. The minimum atomic E-state index is -0.206. The van der Waals surface area contributed by atoms with Gasteiger partial charge in [-0.25, -0.2) is 4.79 Å². The number of hydrogen-bond acceptors (Lipinski definition) is 4. The average Bonchev–Trinajstić information content (AvgIpc) is 2.61. The summed E-state index contributed by atoms with van der Waals surface area (Å²) in [5.41, 5.74) is 2.85. The van der Waals surface area contributed by atoms with Crippen LogP contribution in [-0.2, 0) is 17.6 Å². The first-order chi connectivity index (χ1) is 11.2. The van der Waals surface area contributed by atoms with E-state index in [0.717, 1.165) is 44.5 Å². The first-order valence-electron chi connectivity index (χ1n) is 8.44. The molecule has 1 aromatic carbocycles. The molecule has 1 heterocycles. The molecular weight excluding hydrogens is 292 g/mol. The smallest absolute Gasteiger partial charge is 0.409 e. The van der Waals surface area contributed by atoms with Gasteiger partial charge in [0.05, 0.1) is 14.2 Å². The average molecular weight is 318 g/mol. The lowest BCUT2D eigenvalue weighted by molar-refractivity contribution is 0.108. The Morgan fingerprint density at radius 3 is 2.61 bits per heavy atom. The van der Waals surface area contributed by atoms with Crippen LogP contribution in [0.3, 0.4) is 0 Å². The van der Waals surface area contributed by atoms with Gasteiger partial charge >= 0.3 is 6.09 Å². The Morgan fingerprint density at radius 2 is 1.91 bits per heavy atom. The third-order valence-electron chi connectivity index (χ3n) is 5.04. The van der Waals surface area contributed by atoms with Gasteiger partial charge in [0, 0.05) is 25.2 Å². The maximum atomic E-state index is 11.5. The van der Waals surface area contributed by atoms with E-state index in [-0.39, 0.29) is 6.09 Å². The van der Waals surface area contributed by atoms with E-state index in [2.05, 4.69) is 23.5 Å². The van der Waals surface area contributed by atoms with Crippen molar-refractivity contribution < 1.29 is 14.3 Å². The molecule has 2 aliphatic rings. The summed E-state index contributed by atoms with van der Waals surface area (Å²) in [4.78, 5) is 13.3. The number of ether oxygens (including phenoxy) is 2. The molecule has 126 valence electrons. The lowest BCUT2D eigenvalue weighted by atomic mass is 9.87. The third-order valence-corrected chi connectivity index (χ3v) is 5.04. The van der Waals surface area contributed by atoms with Crippen LogP contribution in [0.1, 0.15) is 30.4 Å². The number of carbonyl (C=O) groups is 1. The Kier molecular flexibility index (Phi) is 5.06. The molecule has 1 atom stereocenters. The third kappa shape index (κ3) is 3.78. The van der Waals surface area contributed by atoms with Crippen LogP contribution in [0.4, 0.5) is 4.79 Å². The maximum Gasteiger partial charge on any atom is 0.409 e. The summed E-state index contributed by atoms with van der Waals surface area (Å²) in [6.45, 7) is 1.56. The van der Waals surface area contributed by atoms with E-state index in [1.54, 1.807) is 12.0 Å². The number of methoxy groups -OCH3 is 2. The molecule has 5 nitrogen and oxygen atoms in total. The van der Waals surface area contributed by atoms with Crippen LogP contribution in [0.25, 0.3) is 0 Å². The van der Waals surface area contributed by atoms with Crippen molar-refractivity contribution >= 4 is 6.09 Å². The lowest BCUT2D eigenvalue weighted by Gasteiger charge is -2.35. The summed E-state index contributed by atoms with van der Waals surface area (Å²) in [6.07, 6.45) is 5.15. The minimum absolute atomic E-state index is 0.206. The lowest BCUT2D eigenvalue weighted by Crippen LogP contribution is -2.49. The van der Waals surface area contributed by atoms with E-state index in [0.29, 0.717) is 12.1 Å². The van der Waals surface area contributed by atoms with Crippen molar-refractivity contribution in [2.45, 2.75) is 44.2 Å². The molecule has 1 amide bonds.